The largest absolute Gasteiger partial charge is 0.495 e. The van der Waals surface area contributed by atoms with Crippen LogP contribution < -0.4 is 25.7 Å². The van der Waals surface area contributed by atoms with Crippen molar-refractivity contribution in [2.24, 2.45) is 0 Å². The van der Waals surface area contributed by atoms with Gasteiger partial charge in [0.1, 0.15) is 29.2 Å². The molecule has 0 saturated carbocycles. The second-order valence-electron chi connectivity index (χ2n) is 9.04. The molecule has 7 heteroatoms. The summed E-state index contributed by atoms with van der Waals surface area (Å²) >= 11 is 1.54. The molecule has 0 radical (unpaired) electrons. The lowest BCUT2D eigenvalue weighted by Crippen LogP contribution is -2.29. The predicted molar refractivity (Wildman–Crippen MR) is 158 cm³/mol. The fraction of sp³-hybridized carbons (Fsp3) is 0.0938. The molecule has 1 aliphatic heterocycles. The van der Waals surface area contributed by atoms with Crippen LogP contribution in [0.1, 0.15) is 11.1 Å². The number of thioether (sulfide) groups is 1. The zero-order chi connectivity index (χ0) is 26.6. The van der Waals surface area contributed by atoms with Crippen LogP contribution in [0.5, 0.6) is 11.5 Å². The molecule has 0 spiro atoms. The minimum atomic E-state index is -0.409. The number of nitrogens with one attached hydrogen (secondary N) is 2. The van der Waals surface area contributed by atoms with E-state index in [0.717, 1.165) is 28.0 Å². The van der Waals surface area contributed by atoms with Crippen LogP contribution in [0, 0.1) is 0 Å². The molecule has 6 rings (SSSR count). The van der Waals surface area contributed by atoms with E-state index in [1.165, 1.54) is 17.3 Å². The predicted octanol–water partition coefficient (Wildman–Crippen LogP) is 7.08. The molecular weight excluding hydrogens is 508 g/mol. The van der Waals surface area contributed by atoms with E-state index in [1.54, 1.807) is 13.2 Å². The molecule has 1 unspecified atom stereocenters. The first kappa shape index (κ1) is 24.7. The summed E-state index contributed by atoms with van der Waals surface area (Å²) in [5.41, 5.74) is 5.38. The van der Waals surface area contributed by atoms with Crippen molar-refractivity contribution in [3.63, 3.8) is 0 Å². The van der Waals surface area contributed by atoms with Crippen LogP contribution in [0.3, 0.4) is 0 Å². The van der Waals surface area contributed by atoms with E-state index < -0.39 is 5.63 Å². The summed E-state index contributed by atoms with van der Waals surface area (Å²) in [6, 6.07) is 33.7. The van der Waals surface area contributed by atoms with Crippen LogP contribution in [0.4, 0.5) is 5.69 Å². The van der Waals surface area contributed by atoms with Crippen molar-refractivity contribution in [1.82, 2.24) is 5.32 Å². The fourth-order valence-electron chi connectivity index (χ4n) is 4.42. The van der Waals surface area contributed by atoms with E-state index in [4.69, 9.17) is 13.9 Å². The number of anilines is 1. The molecule has 0 fully saturated rings. The molecule has 0 saturated heterocycles. The Kier molecular flexibility index (Phi) is 6.97. The molecule has 2 N–H and O–H groups in total. The first-order chi connectivity index (χ1) is 19.2. The lowest BCUT2D eigenvalue weighted by molar-refractivity contribution is 0.306. The minimum Gasteiger partial charge on any atom is -0.495 e. The standard InChI is InChI=1S/C32H26N2O4S/c1-36-29-10-6-5-9-27(29)33-32-34-28(20-39-32)26-17-24-15-16-25(18-30(24)38-31(26)35)37-19-21-11-13-23(14-12-21)22-7-3-2-4-8-22/h2-18,20,32-34H,19H2,1H3. The maximum Gasteiger partial charge on any atom is 0.345 e. The van der Waals surface area contributed by atoms with Crippen molar-refractivity contribution < 1.29 is 13.9 Å². The van der Waals surface area contributed by atoms with Crippen LogP contribution in [-0.4, -0.2) is 12.6 Å². The SMILES string of the molecule is COc1ccccc1NC1NC(c2cc3ccc(OCc4ccc(-c5ccccc5)cc4)cc3oc2=O)=CS1. The van der Waals surface area contributed by atoms with Gasteiger partial charge in [-0.05, 0) is 52.4 Å². The summed E-state index contributed by atoms with van der Waals surface area (Å²) in [5.74, 6) is 1.39. The second-order valence-corrected chi connectivity index (χ2v) is 10.0. The Hall–Kier alpha value is -4.62. The van der Waals surface area contributed by atoms with Crippen molar-refractivity contribution in [3.8, 4) is 22.6 Å². The van der Waals surface area contributed by atoms with Gasteiger partial charge < -0.3 is 24.5 Å². The summed E-state index contributed by atoms with van der Waals surface area (Å²) in [4.78, 5) is 12.9. The molecule has 0 amide bonds. The Labute approximate surface area is 230 Å². The first-order valence-corrected chi connectivity index (χ1v) is 13.5. The van der Waals surface area contributed by atoms with Crippen molar-refractivity contribution >= 4 is 34.1 Å². The molecule has 194 valence electrons. The number of para-hydroxylation sites is 2. The molecule has 4 aromatic carbocycles. The Morgan fingerprint density at radius 3 is 2.49 bits per heavy atom. The van der Waals surface area contributed by atoms with Gasteiger partial charge in [-0.2, -0.15) is 0 Å². The molecule has 39 heavy (non-hydrogen) atoms. The average Bonchev–Trinajstić information content (AvgIpc) is 3.45. The zero-order valence-corrected chi connectivity index (χ0v) is 22.0. The van der Waals surface area contributed by atoms with Crippen LogP contribution in [0.2, 0.25) is 0 Å². The molecule has 1 aliphatic rings. The third-order valence-electron chi connectivity index (χ3n) is 6.47. The van der Waals surface area contributed by atoms with Crippen LogP contribution in [0.15, 0.2) is 118 Å². The summed E-state index contributed by atoms with van der Waals surface area (Å²) in [6.07, 6.45) is 0. The van der Waals surface area contributed by atoms with Gasteiger partial charge in [-0.25, -0.2) is 4.79 Å². The fourth-order valence-corrected chi connectivity index (χ4v) is 5.28. The van der Waals surface area contributed by atoms with Crippen LogP contribution in [-0.2, 0) is 6.61 Å². The van der Waals surface area contributed by atoms with E-state index in [-0.39, 0.29) is 5.50 Å². The minimum absolute atomic E-state index is 0.149. The van der Waals surface area contributed by atoms with E-state index >= 15 is 0 Å². The smallest absolute Gasteiger partial charge is 0.345 e. The molecule has 5 aromatic rings. The van der Waals surface area contributed by atoms with E-state index in [0.29, 0.717) is 29.2 Å². The Morgan fingerprint density at radius 1 is 0.897 bits per heavy atom. The third-order valence-corrected chi connectivity index (χ3v) is 7.35. The van der Waals surface area contributed by atoms with Crippen LogP contribution >= 0.6 is 11.8 Å². The normalized spacial score (nSPS) is 14.5. The quantitative estimate of drug-likeness (QED) is 0.206. The zero-order valence-electron chi connectivity index (χ0n) is 21.2. The maximum atomic E-state index is 12.9. The number of hydrogen-bond donors (Lipinski definition) is 2. The first-order valence-electron chi connectivity index (χ1n) is 12.5. The van der Waals surface area contributed by atoms with Crippen LogP contribution in [0.25, 0.3) is 27.8 Å². The Morgan fingerprint density at radius 2 is 1.67 bits per heavy atom. The van der Waals surface area contributed by atoms with Gasteiger partial charge in [0.2, 0.25) is 0 Å². The monoisotopic (exact) mass is 534 g/mol. The average molecular weight is 535 g/mol. The highest BCUT2D eigenvalue weighted by molar-refractivity contribution is 8.03. The van der Waals surface area contributed by atoms with E-state index in [2.05, 4.69) is 47.0 Å². The van der Waals surface area contributed by atoms with E-state index in [9.17, 15) is 4.79 Å². The molecule has 1 aromatic heterocycles. The van der Waals surface area contributed by atoms with Gasteiger partial charge in [-0.15, -0.1) is 0 Å². The summed E-state index contributed by atoms with van der Waals surface area (Å²) in [5, 5.41) is 9.48. The number of fused-ring (bicyclic) bond motifs is 1. The lowest BCUT2D eigenvalue weighted by atomic mass is 10.0. The topological polar surface area (TPSA) is 72.7 Å². The van der Waals surface area contributed by atoms with Gasteiger partial charge in [0, 0.05) is 11.5 Å². The van der Waals surface area contributed by atoms with Gasteiger partial charge in [0.05, 0.1) is 24.1 Å². The number of benzene rings is 4. The molecular formula is C32H26N2O4S. The van der Waals surface area contributed by atoms with Crippen molar-refractivity contribution in [2.45, 2.75) is 12.1 Å². The second kappa shape index (κ2) is 11.0. The summed E-state index contributed by atoms with van der Waals surface area (Å²) in [6.45, 7) is 0.414. The molecule has 1 atom stereocenters. The summed E-state index contributed by atoms with van der Waals surface area (Å²) in [7, 11) is 1.64. The molecule has 2 heterocycles. The third kappa shape index (κ3) is 5.49. The summed E-state index contributed by atoms with van der Waals surface area (Å²) < 4.78 is 17.1. The maximum absolute atomic E-state index is 12.9. The molecule has 6 nitrogen and oxygen atoms in total. The Balaban J connectivity index is 1.12. The highest BCUT2D eigenvalue weighted by Crippen LogP contribution is 2.32. The van der Waals surface area contributed by atoms with E-state index in [1.807, 2.05) is 66.1 Å². The number of rotatable bonds is 8. The molecule has 0 bridgehead atoms. The van der Waals surface area contributed by atoms with Crippen molar-refractivity contribution in [3.05, 3.63) is 130 Å². The Bertz CT molecular complexity index is 1700. The number of methoxy groups -OCH3 is 1. The molecule has 0 aliphatic carbocycles. The number of hydrogen-bond acceptors (Lipinski definition) is 7. The van der Waals surface area contributed by atoms with Crippen molar-refractivity contribution in [2.75, 3.05) is 12.4 Å². The van der Waals surface area contributed by atoms with Gasteiger partial charge in [0.15, 0.2) is 0 Å². The highest BCUT2D eigenvalue weighted by atomic mass is 32.2. The van der Waals surface area contributed by atoms with Gasteiger partial charge in [-0.1, -0.05) is 78.5 Å². The van der Waals surface area contributed by atoms with Gasteiger partial charge in [-0.3, -0.25) is 0 Å². The lowest BCUT2D eigenvalue weighted by Gasteiger charge is -2.17. The van der Waals surface area contributed by atoms with Gasteiger partial charge >= 0.3 is 5.63 Å². The highest BCUT2D eigenvalue weighted by Gasteiger charge is 2.21. The van der Waals surface area contributed by atoms with Gasteiger partial charge in [0.25, 0.3) is 0 Å². The number of ether oxygens (including phenoxy) is 2. The van der Waals surface area contributed by atoms with Crippen molar-refractivity contribution in [1.29, 1.82) is 0 Å².